The Bertz CT molecular complexity index is 401. The van der Waals surface area contributed by atoms with Gasteiger partial charge in [0.15, 0.2) is 0 Å². The molecular formula is C16H36ClNO15. The maximum atomic E-state index is 9.04. The monoisotopic (exact) mass is 517 g/mol. The Morgan fingerprint density at radius 1 is 0.576 bits per heavy atom. The number of aliphatic carboxylic acids is 5. The fraction of sp³-hybridized carbons (Fsp3) is 0.688. The number of nitrogens with two attached hydrogens (primary N) is 1. The highest BCUT2D eigenvalue weighted by Gasteiger charge is 2.28. The lowest BCUT2D eigenvalue weighted by atomic mass is 10.0. The summed E-state index contributed by atoms with van der Waals surface area (Å²) in [4.78, 5) is 45.0. The third-order valence-corrected chi connectivity index (χ3v) is 1.57. The molecule has 0 unspecified atom stereocenters. The second-order valence-electron chi connectivity index (χ2n) is 5.13. The Morgan fingerprint density at radius 2 is 0.727 bits per heavy atom. The van der Waals surface area contributed by atoms with Gasteiger partial charge >= 0.3 is 0 Å². The molecule has 0 aliphatic carbocycles. The molecule has 17 heteroatoms. The van der Waals surface area contributed by atoms with Gasteiger partial charge in [-0.15, -0.1) is 12.4 Å². The van der Waals surface area contributed by atoms with Crippen molar-refractivity contribution >= 4 is 42.3 Å². The van der Waals surface area contributed by atoms with Gasteiger partial charge in [0.2, 0.25) is 0 Å². The zero-order valence-electron chi connectivity index (χ0n) is 18.7. The average molecular weight is 518 g/mol. The summed E-state index contributed by atoms with van der Waals surface area (Å²) in [6, 6.07) is 0. The summed E-state index contributed by atoms with van der Waals surface area (Å²) in [7, 11) is 0. The van der Waals surface area contributed by atoms with Crippen LogP contribution >= 0.6 is 12.4 Å². The molecule has 12 N–H and O–H groups in total. The maximum Gasteiger partial charge on any atom is 0.300 e. The highest BCUT2D eigenvalue weighted by Crippen LogP contribution is 2.03. The van der Waals surface area contributed by atoms with E-state index in [0.717, 1.165) is 34.6 Å². The van der Waals surface area contributed by atoms with E-state index in [9.17, 15) is 0 Å². The van der Waals surface area contributed by atoms with Crippen LogP contribution < -0.4 is 5.73 Å². The lowest BCUT2D eigenvalue weighted by molar-refractivity contribution is -0.135. The first-order valence-corrected chi connectivity index (χ1v) is 8.21. The zero-order chi connectivity index (χ0) is 27.6. The Labute approximate surface area is 195 Å². The Hall–Kier alpha value is -2.60. The molecule has 0 saturated carbocycles. The second-order valence-corrected chi connectivity index (χ2v) is 5.13. The molecule has 0 saturated heterocycles. The van der Waals surface area contributed by atoms with E-state index in [-0.39, 0.29) is 19.0 Å². The van der Waals surface area contributed by atoms with Crippen molar-refractivity contribution < 1.29 is 75.0 Å². The third kappa shape index (κ3) is 123. The summed E-state index contributed by atoms with van der Waals surface area (Å²) in [6.07, 6.45) is -5.91. The van der Waals surface area contributed by atoms with Crippen LogP contribution in [0.2, 0.25) is 0 Å². The van der Waals surface area contributed by atoms with Crippen molar-refractivity contribution in [1.29, 1.82) is 0 Å². The quantitative estimate of drug-likeness (QED) is 0.176. The van der Waals surface area contributed by atoms with Crippen LogP contribution in [0.5, 0.6) is 0 Å². The van der Waals surface area contributed by atoms with Crippen LogP contribution in [0.15, 0.2) is 0 Å². The van der Waals surface area contributed by atoms with Gasteiger partial charge in [0.25, 0.3) is 29.8 Å². The van der Waals surface area contributed by atoms with Crippen molar-refractivity contribution in [2.45, 2.75) is 59.0 Å². The SMILES string of the molecule is CC(=O)O.CC(=O)O.CC(=O)O.CC(=O)O.CC(=O)O.Cl.NC[C@H](O)[C@@H](O)[C@H](O)[C@H](O)CO. The zero-order valence-corrected chi connectivity index (χ0v) is 19.5. The minimum atomic E-state index is -1.59. The van der Waals surface area contributed by atoms with Crippen molar-refractivity contribution in [2.24, 2.45) is 5.73 Å². The van der Waals surface area contributed by atoms with E-state index in [0.29, 0.717) is 0 Å². The fourth-order valence-electron chi connectivity index (χ4n) is 0.703. The molecule has 0 aliphatic rings. The standard InChI is InChI=1S/C6H15NO5.5C2H4O2.ClH/c7-1-3(9)5(11)6(12)4(10)2-8;5*1-2(3)4;/h3-6,8-12H,1-2,7H2;5*1H3,(H,3,4);1H/t3-,4+,5+,6+;;;;;;/m0....../s1. The molecule has 0 heterocycles. The number of aliphatic hydroxyl groups excluding tert-OH is 5. The van der Waals surface area contributed by atoms with Gasteiger partial charge in [-0.25, -0.2) is 0 Å². The van der Waals surface area contributed by atoms with E-state index in [1.54, 1.807) is 0 Å². The average Bonchev–Trinajstić information content (AvgIpc) is 2.56. The van der Waals surface area contributed by atoms with Gasteiger partial charge in [-0.2, -0.15) is 0 Å². The number of aliphatic hydroxyl groups is 5. The molecule has 0 aromatic rings. The minimum absolute atomic E-state index is 0. The molecule has 0 amide bonds. The summed E-state index contributed by atoms with van der Waals surface area (Å²) < 4.78 is 0. The summed E-state index contributed by atoms with van der Waals surface area (Å²) in [5.74, 6) is -4.17. The van der Waals surface area contributed by atoms with Crippen molar-refractivity contribution in [3.05, 3.63) is 0 Å². The molecule has 0 aliphatic heterocycles. The molecule has 4 atom stereocenters. The van der Waals surface area contributed by atoms with Crippen LogP contribution in [0.25, 0.3) is 0 Å². The molecule has 16 nitrogen and oxygen atoms in total. The smallest absolute Gasteiger partial charge is 0.300 e. The van der Waals surface area contributed by atoms with E-state index in [1.807, 2.05) is 0 Å². The molecule has 202 valence electrons. The molecule has 0 fully saturated rings. The Kier molecular flexibility index (Phi) is 49.5. The first kappa shape index (κ1) is 48.0. The molecule has 0 aromatic carbocycles. The van der Waals surface area contributed by atoms with Gasteiger partial charge < -0.3 is 56.8 Å². The number of halogens is 1. The highest BCUT2D eigenvalue weighted by molar-refractivity contribution is 5.85. The van der Waals surface area contributed by atoms with E-state index >= 15 is 0 Å². The fourth-order valence-corrected chi connectivity index (χ4v) is 0.703. The van der Waals surface area contributed by atoms with Crippen LogP contribution in [-0.4, -0.2) is 118 Å². The van der Waals surface area contributed by atoms with Crippen LogP contribution in [-0.2, 0) is 24.0 Å². The number of carboxylic acid groups (broad SMARTS) is 5. The maximum absolute atomic E-state index is 9.04. The topological polar surface area (TPSA) is 314 Å². The van der Waals surface area contributed by atoms with Gasteiger partial charge in [0, 0.05) is 41.2 Å². The van der Waals surface area contributed by atoms with Crippen LogP contribution in [0, 0.1) is 0 Å². The normalized spacial score (nSPS) is 11.6. The summed E-state index contributed by atoms with van der Waals surface area (Å²) in [5.41, 5.74) is 4.99. The van der Waals surface area contributed by atoms with Crippen molar-refractivity contribution in [2.75, 3.05) is 13.2 Å². The summed E-state index contributed by atoms with van der Waals surface area (Å²) in [6.45, 7) is 4.51. The van der Waals surface area contributed by atoms with Crippen LogP contribution in [0.4, 0.5) is 0 Å². The molecule has 33 heavy (non-hydrogen) atoms. The first-order chi connectivity index (χ1) is 14.2. The number of rotatable bonds is 5. The van der Waals surface area contributed by atoms with Gasteiger partial charge in [-0.3, -0.25) is 24.0 Å². The van der Waals surface area contributed by atoms with Gasteiger partial charge in [-0.05, 0) is 0 Å². The van der Waals surface area contributed by atoms with Gasteiger partial charge in [0.05, 0.1) is 12.7 Å². The van der Waals surface area contributed by atoms with Crippen molar-refractivity contribution in [3.8, 4) is 0 Å². The largest absolute Gasteiger partial charge is 0.481 e. The van der Waals surface area contributed by atoms with Crippen molar-refractivity contribution in [1.82, 2.24) is 0 Å². The molecule has 0 rings (SSSR count). The van der Waals surface area contributed by atoms with Gasteiger partial charge in [0.1, 0.15) is 18.3 Å². The highest BCUT2D eigenvalue weighted by atomic mass is 35.5. The van der Waals surface area contributed by atoms with Crippen LogP contribution in [0.3, 0.4) is 0 Å². The summed E-state index contributed by atoms with van der Waals surface area (Å²) >= 11 is 0. The lowest BCUT2D eigenvalue weighted by Gasteiger charge is -2.24. The predicted molar refractivity (Wildman–Crippen MR) is 114 cm³/mol. The number of carbonyl (C=O) groups is 5. The lowest BCUT2D eigenvalue weighted by Crippen LogP contribution is -2.48. The second kappa shape index (κ2) is 34.0. The number of carboxylic acids is 5. The molecular weight excluding hydrogens is 482 g/mol. The number of hydrogen-bond donors (Lipinski definition) is 11. The number of hydrogen-bond acceptors (Lipinski definition) is 11. The van der Waals surface area contributed by atoms with E-state index in [1.165, 1.54) is 0 Å². The summed E-state index contributed by atoms with van der Waals surface area (Å²) in [5, 5.41) is 81.2. The molecule has 0 radical (unpaired) electrons. The van der Waals surface area contributed by atoms with E-state index in [2.05, 4.69) is 0 Å². The first-order valence-electron chi connectivity index (χ1n) is 8.21. The molecule has 0 bridgehead atoms. The minimum Gasteiger partial charge on any atom is -0.481 e. The third-order valence-electron chi connectivity index (χ3n) is 1.57. The van der Waals surface area contributed by atoms with Crippen LogP contribution in [0.1, 0.15) is 34.6 Å². The predicted octanol–water partition coefficient (Wildman–Crippen LogP) is -2.74. The Balaban J connectivity index is -0.0000000541. The molecule has 0 aromatic heterocycles. The van der Waals surface area contributed by atoms with Crippen molar-refractivity contribution in [3.63, 3.8) is 0 Å². The van der Waals surface area contributed by atoms with E-state index < -0.39 is 60.9 Å². The Morgan fingerprint density at radius 3 is 0.848 bits per heavy atom. The van der Waals surface area contributed by atoms with Gasteiger partial charge in [-0.1, -0.05) is 0 Å². The van der Waals surface area contributed by atoms with E-state index in [4.69, 9.17) is 80.8 Å². The molecule has 0 spiro atoms.